The number of methoxy groups -OCH3 is 1. The van der Waals surface area contributed by atoms with E-state index in [1.807, 2.05) is 12.1 Å². The van der Waals surface area contributed by atoms with Crippen molar-refractivity contribution in [1.82, 2.24) is 5.32 Å². The van der Waals surface area contributed by atoms with Crippen molar-refractivity contribution in [3.05, 3.63) is 76.1 Å². The second-order valence-corrected chi connectivity index (χ2v) is 5.39. The van der Waals surface area contributed by atoms with Crippen molar-refractivity contribution in [1.29, 1.82) is 0 Å². The molecular formula is C18H14ClNO3. The van der Waals surface area contributed by atoms with Gasteiger partial charge >= 0.3 is 0 Å². The van der Waals surface area contributed by atoms with Crippen LogP contribution in [0, 0.1) is 0 Å². The van der Waals surface area contributed by atoms with Crippen LogP contribution >= 0.6 is 11.6 Å². The molecule has 0 aliphatic carbocycles. The summed E-state index contributed by atoms with van der Waals surface area (Å²) in [6.45, 7) is 0. The zero-order chi connectivity index (χ0) is 16.4. The number of nitrogens with one attached hydrogen (secondary N) is 1. The van der Waals surface area contributed by atoms with Crippen LogP contribution in [0.4, 0.5) is 0 Å². The van der Waals surface area contributed by atoms with Gasteiger partial charge in [0.15, 0.2) is 5.76 Å². The molecule has 0 atom stereocenters. The third-order valence-electron chi connectivity index (χ3n) is 3.55. The summed E-state index contributed by atoms with van der Waals surface area (Å²) in [6.07, 6.45) is 1.64. The lowest BCUT2D eigenvalue weighted by Gasteiger charge is -2.03. The van der Waals surface area contributed by atoms with Gasteiger partial charge in [0, 0.05) is 5.02 Å². The molecule has 1 aliphatic rings. The average molecular weight is 328 g/mol. The Morgan fingerprint density at radius 3 is 2.48 bits per heavy atom. The Balaban J connectivity index is 2.01. The highest BCUT2D eigenvalue weighted by Gasteiger charge is 2.28. The Bertz CT molecular complexity index is 822. The summed E-state index contributed by atoms with van der Waals surface area (Å²) in [6, 6.07) is 14.1. The van der Waals surface area contributed by atoms with Gasteiger partial charge in [-0.1, -0.05) is 41.9 Å². The quantitative estimate of drug-likeness (QED) is 0.901. The summed E-state index contributed by atoms with van der Waals surface area (Å²) in [4.78, 5) is 12.2. The molecule has 0 bridgehead atoms. The van der Waals surface area contributed by atoms with Gasteiger partial charge < -0.3 is 15.2 Å². The highest BCUT2D eigenvalue weighted by molar-refractivity contribution is 6.32. The van der Waals surface area contributed by atoms with Crippen molar-refractivity contribution in [2.45, 2.75) is 0 Å². The number of aliphatic hydroxyl groups is 1. The fourth-order valence-corrected chi connectivity index (χ4v) is 2.55. The minimum Gasteiger partial charge on any atom is -0.505 e. The maximum absolute atomic E-state index is 12.2. The lowest BCUT2D eigenvalue weighted by Crippen LogP contribution is -2.15. The van der Waals surface area contributed by atoms with E-state index in [2.05, 4.69) is 5.32 Å². The molecule has 0 radical (unpaired) electrons. The second-order valence-electron chi connectivity index (χ2n) is 4.99. The molecule has 1 amide bonds. The normalized spacial score (nSPS) is 15.9. The predicted molar refractivity (Wildman–Crippen MR) is 90.1 cm³/mol. The van der Waals surface area contributed by atoms with E-state index in [9.17, 15) is 9.90 Å². The SMILES string of the molecule is COc1ccc(C2=C(O)/C(=C/c3ccccc3Cl)NC2=O)cc1. The third-order valence-corrected chi connectivity index (χ3v) is 3.90. The minimum absolute atomic E-state index is 0.0971. The van der Waals surface area contributed by atoms with Gasteiger partial charge in [-0.3, -0.25) is 4.79 Å². The number of ether oxygens (including phenoxy) is 1. The molecule has 5 heteroatoms. The molecule has 1 heterocycles. The first-order valence-electron chi connectivity index (χ1n) is 6.96. The van der Waals surface area contributed by atoms with Gasteiger partial charge in [-0.25, -0.2) is 0 Å². The molecule has 0 fully saturated rings. The molecule has 0 spiro atoms. The Morgan fingerprint density at radius 1 is 1.13 bits per heavy atom. The number of benzene rings is 2. The van der Waals surface area contributed by atoms with Crippen molar-refractivity contribution in [3.63, 3.8) is 0 Å². The minimum atomic E-state index is -0.356. The molecule has 2 aromatic rings. The fraction of sp³-hybridized carbons (Fsp3) is 0.0556. The standard InChI is InChI=1S/C18H14ClNO3/c1-23-13-8-6-11(7-9-13)16-17(21)15(20-18(16)22)10-12-4-2-3-5-14(12)19/h2-10,21H,1H3,(H,20,22)/b15-10-. The number of carbonyl (C=O) groups excluding carboxylic acids is 1. The van der Waals surface area contributed by atoms with Crippen LogP contribution in [-0.4, -0.2) is 18.1 Å². The third kappa shape index (κ3) is 2.94. The van der Waals surface area contributed by atoms with Gasteiger partial charge in [0.2, 0.25) is 0 Å². The van der Waals surface area contributed by atoms with E-state index < -0.39 is 0 Å². The van der Waals surface area contributed by atoms with Crippen molar-refractivity contribution >= 4 is 29.2 Å². The first-order valence-corrected chi connectivity index (χ1v) is 7.33. The lowest BCUT2D eigenvalue weighted by atomic mass is 10.0. The number of carbonyl (C=O) groups is 1. The van der Waals surface area contributed by atoms with E-state index in [1.54, 1.807) is 49.6 Å². The lowest BCUT2D eigenvalue weighted by molar-refractivity contribution is -0.114. The highest BCUT2D eigenvalue weighted by atomic mass is 35.5. The average Bonchev–Trinajstić information content (AvgIpc) is 2.84. The van der Waals surface area contributed by atoms with Gasteiger partial charge in [0.25, 0.3) is 5.91 Å². The molecular weight excluding hydrogens is 314 g/mol. The predicted octanol–water partition coefficient (Wildman–Crippen LogP) is 3.79. The fourth-order valence-electron chi connectivity index (χ4n) is 2.36. The smallest absolute Gasteiger partial charge is 0.260 e. The van der Waals surface area contributed by atoms with Crippen molar-refractivity contribution in [3.8, 4) is 5.75 Å². The van der Waals surface area contributed by atoms with Gasteiger partial charge in [-0.2, -0.15) is 0 Å². The van der Waals surface area contributed by atoms with Crippen molar-refractivity contribution in [2.75, 3.05) is 7.11 Å². The molecule has 3 rings (SSSR count). The maximum atomic E-state index is 12.2. The van der Waals surface area contributed by atoms with Crippen LogP contribution in [0.1, 0.15) is 11.1 Å². The number of aliphatic hydroxyl groups excluding tert-OH is 1. The Labute approximate surface area is 138 Å². The molecule has 0 saturated heterocycles. The number of hydrogen-bond donors (Lipinski definition) is 2. The number of amides is 1. The molecule has 4 nitrogen and oxygen atoms in total. The van der Waals surface area contributed by atoms with E-state index in [1.165, 1.54) is 0 Å². The summed E-state index contributed by atoms with van der Waals surface area (Å²) < 4.78 is 5.09. The zero-order valence-electron chi connectivity index (χ0n) is 12.3. The Hall–Kier alpha value is -2.72. The van der Waals surface area contributed by atoms with Gasteiger partial charge in [-0.15, -0.1) is 0 Å². The number of hydrogen-bond acceptors (Lipinski definition) is 3. The molecule has 0 saturated carbocycles. The van der Waals surface area contributed by atoms with E-state index in [4.69, 9.17) is 16.3 Å². The van der Waals surface area contributed by atoms with Crippen molar-refractivity contribution in [2.24, 2.45) is 0 Å². The van der Waals surface area contributed by atoms with Crippen LogP contribution < -0.4 is 10.1 Å². The monoisotopic (exact) mass is 327 g/mol. The van der Waals surface area contributed by atoms with E-state index in [-0.39, 0.29) is 17.2 Å². The van der Waals surface area contributed by atoms with E-state index >= 15 is 0 Å². The second kappa shape index (κ2) is 6.18. The largest absolute Gasteiger partial charge is 0.505 e. The number of halogens is 1. The van der Waals surface area contributed by atoms with Gasteiger partial charge in [0.05, 0.1) is 18.4 Å². The Morgan fingerprint density at radius 2 is 1.83 bits per heavy atom. The first kappa shape index (κ1) is 15.2. The molecule has 2 aromatic carbocycles. The molecule has 0 aromatic heterocycles. The summed E-state index contributed by atoms with van der Waals surface area (Å²) >= 11 is 6.10. The molecule has 0 unspecified atom stereocenters. The summed E-state index contributed by atoms with van der Waals surface area (Å²) in [7, 11) is 1.57. The maximum Gasteiger partial charge on any atom is 0.260 e. The molecule has 23 heavy (non-hydrogen) atoms. The van der Waals surface area contributed by atoms with Crippen LogP contribution in [-0.2, 0) is 4.79 Å². The molecule has 116 valence electrons. The van der Waals surface area contributed by atoms with Crippen LogP contribution in [0.25, 0.3) is 11.6 Å². The summed E-state index contributed by atoms with van der Waals surface area (Å²) in [5.41, 5.74) is 1.88. The zero-order valence-corrected chi connectivity index (χ0v) is 13.1. The molecule has 1 aliphatic heterocycles. The van der Waals surface area contributed by atoms with Gasteiger partial charge in [-0.05, 0) is 35.4 Å². The van der Waals surface area contributed by atoms with Gasteiger partial charge in [0.1, 0.15) is 5.75 Å². The van der Waals surface area contributed by atoms with Crippen LogP contribution in [0.15, 0.2) is 60.0 Å². The topological polar surface area (TPSA) is 58.6 Å². The van der Waals surface area contributed by atoms with E-state index in [0.29, 0.717) is 27.6 Å². The van der Waals surface area contributed by atoms with Crippen LogP contribution in [0.2, 0.25) is 5.02 Å². The van der Waals surface area contributed by atoms with E-state index in [0.717, 1.165) is 0 Å². The summed E-state index contributed by atoms with van der Waals surface area (Å²) in [5.74, 6) is 0.227. The summed E-state index contributed by atoms with van der Waals surface area (Å²) in [5, 5.41) is 13.6. The first-order chi connectivity index (χ1) is 11.1. The van der Waals surface area contributed by atoms with Crippen LogP contribution in [0.5, 0.6) is 5.75 Å². The molecule has 2 N–H and O–H groups in total. The number of rotatable bonds is 3. The highest BCUT2D eigenvalue weighted by Crippen LogP contribution is 2.30. The van der Waals surface area contributed by atoms with Crippen molar-refractivity contribution < 1.29 is 14.6 Å². The van der Waals surface area contributed by atoms with Crippen LogP contribution in [0.3, 0.4) is 0 Å². The Kier molecular flexibility index (Phi) is 4.08.